The van der Waals surface area contributed by atoms with Gasteiger partial charge in [0.2, 0.25) is 5.91 Å². The lowest BCUT2D eigenvalue weighted by Crippen LogP contribution is -2.33. The first-order valence-corrected chi connectivity index (χ1v) is 7.52. The Bertz CT molecular complexity index is 567. The highest BCUT2D eigenvalue weighted by atomic mass is 19.2. The molecule has 0 heterocycles. The van der Waals surface area contributed by atoms with E-state index in [4.69, 9.17) is 5.11 Å². The molecular weight excluding hydrogens is 304 g/mol. The van der Waals surface area contributed by atoms with E-state index < -0.39 is 17.6 Å². The Balaban J connectivity index is 2.80. The number of nitrogens with zero attached hydrogens (tertiary/aromatic N) is 1. The Morgan fingerprint density at radius 1 is 1.13 bits per heavy atom. The maximum absolute atomic E-state index is 13.3. The molecule has 0 aromatic heterocycles. The average Bonchev–Trinajstić information content (AvgIpc) is 2.43. The topological polar surface area (TPSA) is 57.6 Å². The van der Waals surface area contributed by atoms with Crippen LogP contribution in [0.25, 0.3) is 0 Å². The molecule has 0 aliphatic rings. The number of carbonyl (C=O) groups excluding carboxylic acids is 1. The molecule has 0 saturated carbocycles. The van der Waals surface area contributed by atoms with Crippen molar-refractivity contribution in [2.24, 2.45) is 5.41 Å². The first-order chi connectivity index (χ1) is 10.6. The number of carboxylic acids is 1. The Kier molecular flexibility index (Phi) is 6.66. The van der Waals surface area contributed by atoms with Crippen LogP contribution in [-0.2, 0) is 16.1 Å². The molecule has 0 radical (unpaired) electrons. The molecule has 1 rings (SSSR count). The van der Waals surface area contributed by atoms with Crippen molar-refractivity contribution in [2.45, 2.75) is 46.6 Å². The number of hydrogen-bond donors (Lipinski definition) is 1. The first kappa shape index (κ1) is 19.1. The van der Waals surface area contributed by atoms with Crippen molar-refractivity contribution < 1.29 is 23.5 Å². The van der Waals surface area contributed by atoms with Gasteiger partial charge < -0.3 is 10.0 Å². The van der Waals surface area contributed by atoms with Crippen molar-refractivity contribution in [1.82, 2.24) is 4.90 Å². The van der Waals surface area contributed by atoms with Crippen LogP contribution < -0.4 is 0 Å². The van der Waals surface area contributed by atoms with Gasteiger partial charge in [-0.3, -0.25) is 9.59 Å². The third-order valence-corrected chi connectivity index (χ3v) is 3.39. The monoisotopic (exact) mass is 327 g/mol. The van der Waals surface area contributed by atoms with E-state index in [2.05, 4.69) is 0 Å². The molecule has 0 unspecified atom stereocenters. The highest BCUT2D eigenvalue weighted by Gasteiger charge is 2.19. The van der Waals surface area contributed by atoms with Gasteiger partial charge in [-0.1, -0.05) is 26.8 Å². The Labute approximate surface area is 135 Å². The molecule has 1 aromatic carbocycles. The maximum Gasteiger partial charge on any atom is 0.305 e. The van der Waals surface area contributed by atoms with Crippen LogP contribution in [0.1, 0.15) is 45.6 Å². The minimum absolute atomic E-state index is 0.0177. The maximum atomic E-state index is 13.3. The molecule has 1 amide bonds. The number of carboxylic acid groups (broad SMARTS) is 1. The molecule has 0 fully saturated rings. The lowest BCUT2D eigenvalue weighted by Gasteiger charge is -2.25. The SMILES string of the molecule is CC(C)(C)CCC(=O)N(CCC(=O)O)Cc1ccc(F)c(F)c1. The molecular formula is C17H23F2NO3. The number of carbonyl (C=O) groups is 2. The third kappa shape index (κ3) is 7.21. The van der Waals surface area contributed by atoms with Gasteiger partial charge in [-0.2, -0.15) is 0 Å². The van der Waals surface area contributed by atoms with Crippen LogP contribution >= 0.6 is 0 Å². The Morgan fingerprint density at radius 2 is 1.78 bits per heavy atom. The second-order valence-corrected chi connectivity index (χ2v) is 6.77. The fourth-order valence-corrected chi connectivity index (χ4v) is 2.02. The zero-order valence-corrected chi connectivity index (χ0v) is 13.7. The van der Waals surface area contributed by atoms with Crippen LogP contribution in [0.15, 0.2) is 18.2 Å². The molecule has 0 saturated heterocycles. The number of rotatable bonds is 7. The van der Waals surface area contributed by atoms with E-state index in [1.165, 1.54) is 11.0 Å². The van der Waals surface area contributed by atoms with Gasteiger partial charge in [0.1, 0.15) is 0 Å². The molecule has 0 atom stereocenters. The number of aliphatic carboxylic acids is 1. The van der Waals surface area contributed by atoms with Crippen molar-refractivity contribution in [3.63, 3.8) is 0 Å². The van der Waals surface area contributed by atoms with E-state index in [9.17, 15) is 18.4 Å². The van der Waals surface area contributed by atoms with E-state index in [1.54, 1.807) is 0 Å². The molecule has 128 valence electrons. The minimum Gasteiger partial charge on any atom is -0.481 e. The summed E-state index contributed by atoms with van der Waals surface area (Å²) in [6.45, 7) is 6.14. The van der Waals surface area contributed by atoms with Gasteiger partial charge in [0.15, 0.2) is 11.6 Å². The van der Waals surface area contributed by atoms with Crippen molar-refractivity contribution >= 4 is 11.9 Å². The van der Waals surface area contributed by atoms with Gasteiger partial charge in [0, 0.05) is 19.5 Å². The zero-order chi connectivity index (χ0) is 17.6. The van der Waals surface area contributed by atoms with E-state index in [0.29, 0.717) is 12.0 Å². The van der Waals surface area contributed by atoms with Crippen molar-refractivity contribution in [2.75, 3.05) is 6.54 Å². The molecule has 0 aliphatic carbocycles. The summed E-state index contributed by atoms with van der Waals surface area (Å²) < 4.78 is 26.2. The molecule has 23 heavy (non-hydrogen) atoms. The summed E-state index contributed by atoms with van der Waals surface area (Å²) in [4.78, 5) is 24.5. The lowest BCUT2D eigenvalue weighted by molar-refractivity contribution is -0.138. The Morgan fingerprint density at radius 3 is 2.30 bits per heavy atom. The largest absolute Gasteiger partial charge is 0.481 e. The standard InChI is InChI=1S/C17H23F2NO3/c1-17(2,3)8-6-15(21)20(9-7-16(22)23)11-12-4-5-13(18)14(19)10-12/h4-5,10H,6-9,11H2,1-3H3,(H,22,23). The van der Waals surface area contributed by atoms with Crippen molar-refractivity contribution in [3.05, 3.63) is 35.4 Å². The molecule has 0 spiro atoms. The van der Waals surface area contributed by atoms with E-state index in [-0.39, 0.29) is 37.3 Å². The number of halogens is 2. The van der Waals surface area contributed by atoms with Gasteiger partial charge in [0.25, 0.3) is 0 Å². The summed E-state index contributed by atoms with van der Waals surface area (Å²) >= 11 is 0. The smallest absolute Gasteiger partial charge is 0.305 e. The van der Waals surface area contributed by atoms with Gasteiger partial charge in [-0.25, -0.2) is 8.78 Å². The predicted octanol–water partition coefficient (Wildman–Crippen LogP) is 3.59. The fourth-order valence-electron chi connectivity index (χ4n) is 2.02. The van der Waals surface area contributed by atoms with Crippen molar-refractivity contribution in [1.29, 1.82) is 0 Å². The molecule has 0 aliphatic heterocycles. The quantitative estimate of drug-likeness (QED) is 0.832. The van der Waals surface area contributed by atoms with Crippen LogP contribution in [0.4, 0.5) is 8.78 Å². The summed E-state index contributed by atoms with van der Waals surface area (Å²) in [5.41, 5.74) is 0.411. The summed E-state index contributed by atoms with van der Waals surface area (Å²) in [6, 6.07) is 3.42. The summed E-state index contributed by atoms with van der Waals surface area (Å²) in [6.07, 6.45) is 0.755. The predicted molar refractivity (Wildman–Crippen MR) is 82.7 cm³/mol. The van der Waals surface area contributed by atoms with Crippen LogP contribution in [-0.4, -0.2) is 28.4 Å². The van der Waals surface area contributed by atoms with E-state index >= 15 is 0 Å². The summed E-state index contributed by atoms with van der Waals surface area (Å²) in [7, 11) is 0. The normalized spacial score (nSPS) is 11.3. The van der Waals surface area contributed by atoms with Gasteiger partial charge in [-0.05, 0) is 29.5 Å². The number of hydrogen-bond acceptors (Lipinski definition) is 2. The highest BCUT2D eigenvalue weighted by Crippen LogP contribution is 2.22. The highest BCUT2D eigenvalue weighted by molar-refractivity contribution is 5.77. The van der Waals surface area contributed by atoms with Crippen LogP contribution in [0.2, 0.25) is 0 Å². The summed E-state index contributed by atoms with van der Waals surface area (Å²) in [5.74, 6) is -3.14. The van der Waals surface area contributed by atoms with E-state index in [1.807, 2.05) is 20.8 Å². The van der Waals surface area contributed by atoms with Crippen molar-refractivity contribution in [3.8, 4) is 0 Å². The van der Waals surface area contributed by atoms with Gasteiger partial charge >= 0.3 is 5.97 Å². The zero-order valence-electron chi connectivity index (χ0n) is 13.7. The third-order valence-electron chi connectivity index (χ3n) is 3.39. The van der Waals surface area contributed by atoms with Gasteiger partial charge in [0.05, 0.1) is 6.42 Å². The van der Waals surface area contributed by atoms with Crippen LogP contribution in [0.5, 0.6) is 0 Å². The van der Waals surface area contributed by atoms with E-state index in [0.717, 1.165) is 12.1 Å². The number of amides is 1. The van der Waals surface area contributed by atoms with Crippen LogP contribution in [0.3, 0.4) is 0 Å². The lowest BCUT2D eigenvalue weighted by atomic mass is 9.90. The molecule has 4 nitrogen and oxygen atoms in total. The second-order valence-electron chi connectivity index (χ2n) is 6.77. The molecule has 0 bridgehead atoms. The number of benzene rings is 1. The summed E-state index contributed by atoms with van der Waals surface area (Å²) in [5, 5.41) is 8.80. The molecule has 1 N–H and O–H groups in total. The van der Waals surface area contributed by atoms with Crippen LogP contribution in [0, 0.1) is 17.0 Å². The Hall–Kier alpha value is -1.98. The van der Waals surface area contributed by atoms with Gasteiger partial charge in [-0.15, -0.1) is 0 Å². The minimum atomic E-state index is -1.01. The first-order valence-electron chi connectivity index (χ1n) is 7.52. The molecule has 6 heteroatoms. The molecule has 1 aromatic rings. The fraction of sp³-hybridized carbons (Fsp3) is 0.529. The second kappa shape index (κ2) is 8.04. The average molecular weight is 327 g/mol.